The number of hydrogen-bond acceptors (Lipinski definition) is 3. The van der Waals surface area contributed by atoms with Gasteiger partial charge in [-0.1, -0.05) is 12.8 Å². The van der Waals surface area contributed by atoms with Crippen LogP contribution in [0, 0.1) is 11.7 Å². The Morgan fingerprint density at radius 2 is 2.00 bits per heavy atom. The minimum absolute atomic E-state index is 0.149. The van der Waals surface area contributed by atoms with E-state index in [2.05, 4.69) is 10.6 Å². The zero-order valence-corrected chi connectivity index (χ0v) is 14.6. The number of fused-ring (bicyclic) bond motifs is 1. The van der Waals surface area contributed by atoms with Gasteiger partial charge in [0.2, 0.25) is 11.8 Å². The first-order valence-corrected chi connectivity index (χ1v) is 9.53. The molecule has 2 amide bonds. The van der Waals surface area contributed by atoms with Gasteiger partial charge in [0.25, 0.3) is 0 Å². The van der Waals surface area contributed by atoms with Crippen LogP contribution in [0.4, 0.5) is 4.39 Å². The Hall–Kier alpha value is -1.56. The molecule has 1 saturated carbocycles. The van der Waals surface area contributed by atoms with Crippen molar-refractivity contribution in [1.82, 2.24) is 10.6 Å². The van der Waals surface area contributed by atoms with E-state index in [4.69, 9.17) is 0 Å². The van der Waals surface area contributed by atoms with Crippen LogP contribution in [0.2, 0.25) is 0 Å². The van der Waals surface area contributed by atoms with Crippen LogP contribution in [0.15, 0.2) is 23.1 Å². The van der Waals surface area contributed by atoms with Gasteiger partial charge in [0.05, 0.1) is 6.04 Å². The predicted octanol–water partition coefficient (Wildman–Crippen LogP) is 3.17. The average Bonchev–Trinajstić information content (AvgIpc) is 3.07. The van der Waals surface area contributed by atoms with Gasteiger partial charge in [-0.2, -0.15) is 0 Å². The summed E-state index contributed by atoms with van der Waals surface area (Å²) < 4.78 is 13.6. The quantitative estimate of drug-likeness (QED) is 0.877. The molecule has 1 aliphatic heterocycles. The van der Waals surface area contributed by atoms with E-state index in [9.17, 15) is 14.0 Å². The van der Waals surface area contributed by atoms with E-state index < -0.39 is 6.04 Å². The molecule has 4 nitrogen and oxygen atoms in total. The van der Waals surface area contributed by atoms with Gasteiger partial charge in [0.1, 0.15) is 11.9 Å². The monoisotopic (exact) mass is 350 g/mol. The Labute approximate surface area is 146 Å². The van der Waals surface area contributed by atoms with Crippen molar-refractivity contribution in [3.05, 3.63) is 29.6 Å². The lowest BCUT2D eigenvalue weighted by atomic mass is 9.96. The van der Waals surface area contributed by atoms with Crippen LogP contribution in [0.5, 0.6) is 0 Å². The summed E-state index contributed by atoms with van der Waals surface area (Å²) in [5.41, 5.74) is 0.840. The summed E-state index contributed by atoms with van der Waals surface area (Å²) in [6.45, 7) is 1.44. The molecule has 0 spiro atoms. The van der Waals surface area contributed by atoms with Crippen molar-refractivity contribution in [2.75, 3.05) is 5.75 Å². The van der Waals surface area contributed by atoms with Gasteiger partial charge >= 0.3 is 0 Å². The molecule has 0 saturated heterocycles. The van der Waals surface area contributed by atoms with Gasteiger partial charge in [0.15, 0.2) is 0 Å². The summed E-state index contributed by atoms with van der Waals surface area (Å²) in [4.78, 5) is 25.3. The summed E-state index contributed by atoms with van der Waals surface area (Å²) in [5, 5.41) is 5.87. The molecule has 1 fully saturated rings. The number of carbonyl (C=O) groups excluding carboxylic acids is 2. The minimum atomic E-state index is -0.489. The van der Waals surface area contributed by atoms with Gasteiger partial charge in [-0.25, -0.2) is 4.39 Å². The molecule has 1 aromatic carbocycles. The zero-order valence-electron chi connectivity index (χ0n) is 13.8. The standard InChI is InChI=1S/C18H23FN2O2S/c1-11(22)20-17(12-4-2-3-5-12)18(23)21-15-8-9-24-16-7-6-13(19)10-14(15)16/h6-7,10,12,15,17H,2-5,8-9H2,1H3,(H,20,22)(H,21,23). The van der Waals surface area contributed by atoms with Crippen LogP contribution in [0.1, 0.15) is 50.6 Å². The molecule has 1 aromatic rings. The molecular formula is C18H23FN2O2S. The van der Waals surface area contributed by atoms with E-state index >= 15 is 0 Å². The highest BCUT2D eigenvalue weighted by Crippen LogP contribution is 2.37. The fourth-order valence-electron chi connectivity index (χ4n) is 3.68. The normalized spacial score (nSPS) is 21.8. The third-order valence-corrected chi connectivity index (χ3v) is 5.96. The van der Waals surface area contributed by atoms with E-state index in [1.807, 2.05) is 0 Å². The van der Waals surface area contributed by atoms with Crippen LogP contribution in [-0.2, 0) is 9.59 Å². The van der Waals surface area contributed by atoms with Crippen molar-refractivity contribution in [2.24, 2.45) is 5.92 Å². The van der Waals surface area contributed by atoms with Crippen LogP contribution >= 0.6 is 11.8 Å². The molecular weight excluding hydrogens is 327 g/mol. The van der Waals surface area contributed by atoms with Crippen molar-refractivity contribution in [2.45, 2.75) is 56.0 Å². The van der Waals surface area contributed by atoms with Crippen LogP contribution < -0.4 is 10.6 Å². The second-order valence-corrected chi connectivity index (χ2v) is 7.74. The first-order chi connectivity index (χ1) is 11.5. The smallest absolute Gasteiger partial charge is 0.243 e. The molecule has 0 bridgehead atoms. The molecule has 2 N–H and O–H groups in total. The predicted molar refractivity (Wildman–Crippen MR) is 92.2 cm³/mol. The number of thioether (sulfide) groups is 1. The Bertz CT molecular complexity index is 631. The lowest BCUT2D eigenvalue weighted by molar-refractivity contribution is -0.130. The summed E-state index contributed by atoms with van der Waals surface area (Å²) in [7, 11) is 0. The molecule has 130 valence electrons. The molecule has 2 aliphatic rings. The second kappa shape index (κ2) is 7.55. The Kier molecular flexibility index (Phi) is 5.43. The molecule has 24 heavy (non-hydrogen) atoms. The maximum absolute atomic E-state index is 13.6. The highest BCUT2D eigenvalue weighted by molar-refractivity contribution is 7.99. The number of carbonyl (C=O) groups is 2. The maximum Gasteiger partial charge on any atom is 0.243 e. The highest BCUT2D eigenvalue weighted by atomic mass is 32.2. The van der Waals surface area contributed by atoms with Gasteiger partial charge in [-0.05, 0) is 48.9 Å². The van der Waals surface area contributed by atoms with E-state index in [-0.39, 0.29) is 29.6 Å². The Morgan fingerprint density at radius 1 is 1.25 bits per heavy atom. The van der Waals surface area contributed by atoms with Gasteiger partial charge < -0.3 is 10.6 Å². The van der Waals surface area contributed by atoms with Crippen molar-refractivity contribution >= 4 is 23.6 Å². The molecule has 0 aromatic heterocycles. The number of halogens is 1. The molecule has 3 rings (SSSR count). The summed E-state index contributed by atoms with van der Waals surface area (Å²) in [5.74, 6) is 0.457. The van der Waals surface area contributed by atoms with Crippen LogP contribution in [-0.4, -0.2) is 23.6 Å². The van der Waals surface area contributed by atoms with Crippen molar-refractivity contribution in [3.8, 4) is 0 Å². The average molecular weight is 350 g/mol. The summed E-state index contributed by atoms with van der Waals surface area (Å²) in [6.07, 6.45) is 4.89. The number of hydrogen-bond donors (Lipinski definition) is 2. The fraction of sp³-hybridized carbons (Fsp3) is 0.556. The van der Waals surface area contributed by atoms with E-state index in [0.717, 1.165) is 48.3 Å². The zero-order chi connectivity index (χ0) is 17.1. The van der Waals surface area contributed by atoms with Crippen molar-refractivity contribution in [1.29, 1.82) is 0 Å². The molecule has 1 heterocycles. The Balaban J connectivity index is 1.75. The van der Waals surface area contributed by atoms with E-state index in [0.29, 0.717) is 0 Å². The lowest BCUT2D eigenvalue weighted by Crippen LogP contribution is -2.50. The number of nitrogens with one attached hydrogen (secondary N) is 2. The SMILES string of the molecule is CC(=O)NC(C(=O)NC1CCSc2ccc(F)cc21)C1CCCC1. The lowest BCUT2D eigenvalue weighted by Gasteiger charge is -2.29. The molecule has 1 aliphatic carbocycles. The van der Waals surface area contributed by atoms with Gasteiger partial charge in [-0.3, -0.25) is 9.59 Å². The van der Waals surface area contributed by atoms with Crippen LogP contribution in [0.25, 0.3) is 0 Å². The summed E-state index contributed by atoms with van der Waals surface area (Å²) in [6, 6.07) is 4.05. The first-order valence-electron chi connectivity index (χ1n) is 8.54. The molecule has 0 radical (unpaired) electrons. The van der Waals surface area contributed by atoms with Crippen molar-refractivity contribution < 1.29 is 14.0 Å². The number of rotatable bonds is 4. The Morgan fingerprint density at radius 3 is 2.71 bits per heavy atom. The largest absolute Gasteiger partial charge is 0.347 e. The minimum Gasteiger partial charge on any atom is -0.347 e. The topological polar surface area (TPSA) is 58.2 Å². The molecule has 2 atom stereocenters. The summed E-state index contributed by atoms with van der Waals surface area (Å²) >= 11 is 1.68. The highest BCUT2D eigenvalue weighted by Gasteiger charge is 2.33. The van der Waals surface area contributed by atoms with Crippen molar-refractivity contribution in [3.63, 3.8) is 0 Å². The van der Waals surface area contributed by atoms with Gasteiger partial charge in [0, 0.05) is 17.6 Å². The first kappa shape index (κ1) is 17.3. The van der Waals surface area contributed by atoms with Gasteiger partial charge in [-0.15, -0.1) is 11.8 Å². The van der Waals surface area contributed by atoms with Crippen LogP contribution in [0.3, 0.4) is 0 Å². The third kappa shape index (κ3) is 3.91. The maximum atomic E-state index is 13.6. The van der Waals surface area contributed by atoms with E-state index in [1.165, 1.54) is 19.1 Å². The number of benzene rings is 1. The molecule has 2 unspecified atom stereocenters. The number of amides is 2. The fourth-order valence-corrected chi connectivity index (χ4v) is 4.79. The molecule has 6 heteroatoms. The second-order valence-electron chi connectivity index (χ2n) is 6.60. The third-order valence-electron chi connectivity index (χ3n) is 4.84. The van der Waals surface area contributed by atoms with E-state index in [1.54, 1.807) is 17.8 Å².